The normalized spacial score (nSPS) is 16.6. The van der Waals surface area contributed by atoms with Crippen LogP contribution in [0.3, 0.4) is 0 Å². The third-order valence-corrected chi connectivity index (χ3v) is 6.85. The molecular weight excluding hydrogens is 506 g/mol. The zero-order chi connectivity index (χ0) is 29.0. The molecule has 1 fully saturated rings. The number of methoxy groups -OCH3 is 1. The Morgan fingerprint density at radius 2 is 1.65 bits per heavy atom. The van der Waals surface area contributed by atoms with E-state index in [4.69, 9.17) is 14.2 Å². The van der Waals surface area contributed by atoms with Crippen molar-refractivity contribution in [2.75, 3.05) is 13.7 Å². The summed E-state index contributed by atoms with van der Waals surface area (Å²) in [5.41, 5.74) is 2.82. The van der Waals surface area contributed by atoms with Gasteiger partial charge in [0.05, 0.1) is 38.0 Å². The van der Waals surface area contributed by atoms with Crippen molar-refractivity contribution in [3.8, 4) is 17.2 Å². The molecule has 1 aliphatic rings. The number of Topliss-reactive ketones (excluding diaryl/α,β-unsaturated/α-hetero) is 1. The maximum Gasteiger partial charge on any atom is 0.295 e. The average Bonchev–Trinajstić information content (AvgIpc) is 3.18. The van der Waals surface area contributed by atoms with Crippen LogP contribution in [0.2, 0.25) is 0 Å². The fourth-order valence-electron chi connectivity index (χ4n) is 5.00. The van der Waals surface area contributed by atoms with Gasteiger partial charge in [0, 0.05) is 11.1 Å². The number of aliphatic hydroxyl groups excluding tert-OH is 1. The highest BCUT2D eigenvalue weighted by Crippen LogP contribution is 2.42. The lowest BCUT2D eigenvalue weighted by molar-refractivity contribution is -0.140. The van der Waals surface area contributed by atoms with Crippen LogP contribution >= 0.6 is 0 Å². The Bertz CT molecular complexity index is 1410. The van der Waals surface area contributed by atoms with E-state index in [-0.39, 0.29) is 29.9 Å². The Kier molecular flexibility index (Phi) is 8.83. The number of ketones is 1. The molecule has 1 N–H and O–H groups in total. The zero-order valence-electron chi connectivity index (χ0n) is 23.9. The highest BCUT2D eigenvalue weighted by Gasteiger charge is 2.46. The zero-order valence-corrected chi connectivity index (χ0v) is 23.9. The van der Waals surface area contributed by atoms with Gasteiger partial charge in [-0.15, -0.1) is 0 Å². The molecule has 1 aliphatic heterocycles. The van der Waals surface area contributed by atoms with Crippen LogP contribution in [0.1, 0.15) is 68.8 Å². The molecule has 7 heteroatoms. The van der Waals surface area contributed by atoms with Crippen molar-refractivity contribution in [1.29, 1.82) is 0 Å². The number of nitrogens with zero attached hydrogens (tertiary/aromatic N) is 1. The molecule has 3 aromatic carbocycles. The van der Waals surface area contributed by atoms with E-state index < -0.39 is 17.7 Å². The molecule has 0 spiro atoms. The monoisotopic (exact) mass is 543 g/mol. The van der Waals surface area contributed by atoms with Gasteiger partial charge in [0.1, 0.15) is 23.0 Å². The predicted molar refractivity (Wildman–Crippen MR) is 155 cm³/mol. The van der Waals surface area contributed by atoms with E-state index in [2.05, 4.69) is 0 Å². The number of benzene rings is 3. The standard InChI is InChI=1S/C33H37NO6/c1-7-39-28-17-14-23(18-26(28)20(2)3)31(35)29-30(22-12-15-25(16-13-22)40-21(4)5)34(33(37)32(29)36)19-24-10-8-9-11-27(24)38-6/h8-18,20-21,30,35H,7,19H2,1-6H3/b31-29-. The minimum absolute atomic E-state index is 0.00292. The van der Waals surface area contributed by atoms with Crippen molar-refractivity contribution in [3.63, 3.8) is 0 Å². The van der Waals surface area contributed by atoms with Crippen LogP contribution in [-0.2, 0) is 16.1 Å². The Hall–Kier alpha value is -4.26. The molecule has 1 heterocycles. The molecule has 7 nitrogen and oxygen atoms in total. The van der Waals surface area contributed by atoms with E-state index >= 15 is 0 Å². The molecule has 1 amide bonds. The number of para-hydroxylation sites is 1. The molecule has 0 bridgehead atoms. The molecule has 0 radical (unpaired) electrons. The second kappa shape index (κ2) is 12.3. The minimum Gasteiger partial charge on any atom is -0.507 e. The van der Waals surface area contributed by atoms with Crippen LogP contribution in [0.25, 0.3) is 5.76 Å². The molecule has 3 aromatic rings. The Morgan fingerprint density at radius 1 is 0.950 bits per heavy atom. The molecule has 4 rings (SSSR count). The Balaban J connectivity index is 1.86. The van der Waals surface area contributed by atoms with Gasteiger partial charge in [0.25, 0.3) is 11.7 Å². The van der Waals surface area contributed by atoms with Gasteiger partial charge < -0.3 is 24.2 Å². The molecule has 40 heavy (non-hydrogen) atoms. The van der Waals surface area contributed by atoms with Gasteiger partial charge in [-0.2, -0.15) is 0 Å². The van der Waals surface area contributed by atoms with Crippen LogP contribution in [0.15, 0.2) is 72.3 Å². The quantitative estimate of drug-likeness (QED) is 0.176. The summed E-state index contributed by atoms with van der Waals surface area (Å²) in [5.74, 6) is 0.480. The lowest BCUT2D eigenvalue weighted by Crippen LogP contribution is -2.29. The molecule has 1 saturated heterocycles. The summed E-state index contributed by atoms with van der Waals surface area (Å²) in [6.07, 6.45) is -0.00292. The first-order chi connectivity index (χ1) is 19.2. The van der Waals surface area contributed by atoms with Crippen molar-refractivity contribution in [2.24, 2.45) is 0 Å². The first kappa shape index (κ1) is 28.7. The summed E-state index contributed by atoms with van der Waals surface area (Å²) in [6.45, 7) is 10.5. The topological polar surface area (TPSA) is 85.3 Å². The second-order valence-electron chi connectivity index (χ2n) is 10.3. The third kappa shape index (κ3) is 5.83. The van der Waals surface area contributed by atoms with Gasteiger partial charge in [-0.25, -0.2) is 0 Å². The lowest BCUT2D eigenvalue weighted by atomic mass is 9.93. The molecule has 0 aromatic heterocycles. The fraction of sp³-hybridized carbons (Fsp3) is 0.333. The number of aliphatic hydroxyl groups is 1. The summed E-state index contributed by atoms with van der Waals surface area (Å²) in [6, 6.07) is 19.2. The Morgan fingerprint density at radius 3 is 2.27 bits per heavy atom. The van der Waals surface area contributed by atoms with E-state index in [0.717, 1.165) is 16.9 Å². The van der Waals surface area contributed by atoms with E-state index in [0.29, 0.717) is 29.2 Å². The number of hydrogen-bond donors (Lipinski definition) is 1. The van der Waals surface area contributed by atoms with Crippen molar-refractivity contribution in [3.05, 3.63) is 94.6 Å². The molecule has 1 unspecified atom stereocenters. The van der Waals surface area contributed by atoms with Crippen LogP contribution in [-0.4, -0.2) is 41.5 Å². The number of amides is 1. The maximum atomic E-state index is 13.6. The van der Waals surface area contributed by atoms with Crippen molar-refractivity contribution in [2.45, 2.75) is 59.2 Å². The maximum absolute atomic E-state index is 13.6. The number of likely N-dealkylation sites (tertiary alicyclic amines) is 1. The second-order valence-corrected chi connectivity index (χ2v) is 10.3. The lowest BCUT2D eigenvalue weighted by Gasteiger charge is -2.26. The van der Waals surface area contributed by atoms with Crippen molar-refractivity contribution >= 4 is 17.4 Å². The van der Waals surface area contributed by atoms with Crippen LogP contribution in [0, 0.1) is 0 Å². The number of carbonyl (C=O) groups excluding carboxylic acids is 2. The number of ether oxygens (including phenoxy) is 3. The summed E-state index contributed by atoms with van der Waals surface area (Å²) in [4.78, 5) is 28.6. The first-order valence-electron chi connectivity index (χ1n) is 13.6. The van der Waals surface area contributed by atoms with Crippen molar-refractivity contribution < 1.29 is 28.9 Å². The highest BCUT2D eigenvalue weighted by atomic mass is 16.5. The molecule has 1 atom stereocenters. The fourth-order valence-corrected chi connectivity index (χ4v) is 5.00. The van der Waals surface area contributed by atoms with Gasteiger partial charge in [-0.05, 0) is 74.2 Å². The first-order valence-corrected chi connectivity index (χ1v) is 13.6. The summed E-state index contributed by atoms with van der Waals surface area (Å²) >= 11 is 0. The molecule has 0 aliphatic carbocycles. The number of hydrogen-bond acceptors (Lipinski definition) is 6. The largest absolute Gasteiger partial charge is 0.507 e. The molecular formula is C33H37NO6. The average molecular weight is 544 g/mol. The van der Waals surface area contributed by atoms with E-state index in [1.807, 2.05) is 89.2 Å². The molecule has 0 saturated carbocycles. The number of carbonyl (C=O) groups is 2. The van der Waals surface area contributed by atoms with Gasteiger partial charge in [-0.3, -0.25) is 9.59 Å². The van der Waals surface area contributed by atoms with Crippen LogP contribution in [0.4, 0.5) is 0 Å². The van der Waals surface area contributed by atoms with E-state index in [1.54, 1.807) is 19.2 Å². The van der Waals surface area contributed by atoms with Crippen LogP contribution < -0.4 is 14.2 Å². The third-order valence-electron chi connectivity index (χ3n) is 6.85. The van der Waals surface area contributed by atoms with E-state index in [9.17, 15) is 14.7 Å². The Labute approximate surface area is 236 Å². The minimum atomic E-state index is -0.813. The number of rotatable bonds is 10. The van der Waals surface area contributed by atoms with Gasteiger partial charge in [0.2, 0.25) is 0 Å². The predicted octanol–water partition coefficient (Wildman–Crippen LogP) is 6.63. The van der Waals surface area contributed by atoms with Gasteiger partial charge in [-0.1, -0.05) is 44.2 Å². The summed E-state index contributed by atoms with van der Waals surface area (Å²) < 4.78 is 17.1. The smallest absolute Gasteiger partial charge is 0.295 e. The molecule has 210 valence electrons. The summed E-state index contributed by atoms with van der Waals surface area (Å²) in [7, 11) is 1.57. The highest BCUT2D eigenvalue weighted by molar-refractivity contribution is 6.46. The van der Waals surface area contributed by atoms with E-state index in [1.165, 1.54) is 4.90 Å². The SMILES string of the molecule is CCOc1ccc(/C(O)=C2/C(=O)C(=O)N(Cc3ccccc3OC)C2c2ccc(OC(C)C)cc2)cc1C(C)C. The van der Waals surface area contributed by atoms with Crippen molar-refractivity contribution in [1.82, 2.24) is 4.90 Å². The van der Waals surface area contributed by atoms with Crippen LogP contribution in [0.5, 0.6) is 17.2 Å². The summed E-state index contributed by atoms with van der Waals surface area (Å²) in [5, 5.41) is 11.6. The van der Waals surface area contributed by atoms with Gasteiger partial charge in [0.15, 0.2) is 0 Å². The van der Waals surface area contributed by atoms with Gasteiger partial charge >= 0.3 is 0 Å².